The van der Waals surface area contributed by atoms with Crippen molar-refractivity contribution in [3.63, 3.8) is 0 Å². The summed E-state index contributed by atoms with van der Waals surface area (Å²) in [5.74, 6) is -12.8. The van der Waals surface area contributed by atoms with Gasteiger partial charge in [0, 0.05) is 44.3 Å². The minimum absolute atomic E-state index is 0. The van der Waals surface area contributed by atoms with Crippen LogP contribution < -0.4 is 66.1 Å². The average molecular weight is 1170 g/mol. The summed E-state index contributed by atoms with van der Waals surface area (Å²) >= 11 is 0. The van der Waals surface area contributed by atoms with E-state index in [9.17, 15) is 92.2 Å². The number of carbonyl (C=O) groups is 8. The van der Waals surface area contributed by atoms with E-state index in [1.54, 1.807) is 12.1 Å². The van der Waals surface area contributed by atoms with Gasteiger partial charge in [-0.25, -0.2) is 13.2 Å². The number of rotatable bonds is 12. The Morgan fingerprint density at radius 1 is 0.790 bits per heavy atom. The second kappa shape index (κ2) is 26.6. The quantitative estimate of drug-likeness (QED) is 0.0455. The van der Waals surface area contributed by atoms with Crippen LogP contribution in [0.2, 0.25) is 0 Å². The predicted molar refractivity (Wildman–Crippen MR) is 269 cm³/mol. The fourth-order valence-corrected chi connectivity index (χ4v) is 10.6. The number of carbonyl (C=O) groups excluding carboxylic acids is 8. The number of aromatic hydroxyl groups is 1. The van der Waals surface area contributed by atoms with Crippen LogP contribution in [0.4, 0.5) is 4.79 Å². The summed E-state index contributed by atoms with van der Waals surface area (Å²) < 4.78 is 44.1. The maximum atomic E-state index is 14.6. The number of aliphatic hydroxyl groups excluding tert-OH is 7. The van der Waals surface area contributed by atoms with Crippen LogP contribution in [0.3, 0.4) is 0 Å². The number of fused-ring (bicyclic) bond motifs is 5. The molecule has 7 rings (SSSR count). The molecule has 3 heterocycles. The summed E-state index contributed by atoms with van der Waals surface area (Å²) in [6.45, 7) is 0.288. The molecule has 81 heavy (non-hydrogen) atoms. The van der Waals surface area contributed by atoms with Crippen LogP contribution in [-0.2, 0) is 48.7 Å². The molecule has 1 aliphatic carbocycles. The number of alkyl carbamates (subject to hydrolysis) is 1. The van der Waals surface area contributed by atoms with Gasteiger partial charge in [-0.3, -0.25) is 33.6 Å². The van der Waals surface area contributed by atoms with E-state index in [2.05, 4.69) is 30.8 Å². The van der Waals surface area contributed by atoms with E-state index in [1.807, 2.05) is 36.4 Å². The predicted octanol–water partition coefficient (Wildman–Crippen LogP) is -8.34. The molecule has 5 unspecified atom stereocenters. The monoisotopic (exact) mass is 1160 g/mol. The summed E-state index contributed by atoms with van der Waals surface area (Å²) in [5.41, 5.74) is 8.22. The van der Waals surface area contributed by atoms with E-state index in [0.29, 0.717) is 21.9 Å². The first-order chi connectivity index (χ1) is 37.6. The van der Waals surface area contributed by atoms with Crippen LogP contribution >= 0.6 is 0 Å². The molecule has 15 N–H and O–H groups in total. The third kappa shape index (κ3) is 14.7. The smallest absolute Gasteiger partial charge is 0.716 e. The Kier molecular flexibility index (Phi) is 20.9. The van der Waals surface area contributed by atoms with E-state index in [4.69, 9.17) is 10.5 Å². The van der Waals surface area contributed by atoms with Crippen LogP contribution in [0, 0.1) is 5.92 Å². The van der Waals surface area contributed by atoms with Crippen molar-refractivity contribution in [3.8, 4) is 22.6 Å². The van der Waals surface area contributed by atoms with Gasteiger partial charge in [0.2, 0.25) is 41.4 Å². The van der Waals surface area contributed by atoms with Gasteiger partial charge in [-0.05, 0) is 46.9 Å². The van der Waals surface area contributed by atoms with Crippen molar-refractivity contribution in [1.29, 1.82) is 0 Å². The molecule has 3 saturated heterocycles. The van der Waals surface area contributed by atoms with Crippen LogP contribution in [-0.4, -0.2) is 210 Å². The van der Waals surface area contributed by atoms with Crippen molar-refractivity contribution >= 4 is 57.8 Å². The Balaban J connectivity index is 0.0000106. The van der Waals surface area contributed by atoms with Crippen molar-refractivity contribution < 1.29 is 131 Å². The number of amides is 8. The molecule has 0 radical (unpaired) electrons. The van der Waals surface area contributed by atoms with Crippen LogP contribution in [0.15, 0.2) is 66.7 Å². The van der Waals surface area contributed by atoms with Gasteiger partial charge in [-0.2, -0.15) is 0 Å². The molecule has 3 aliphatic heterocycles. The second-order valence-electron chi connectivity index (χ2n) is 20.0. The maximum absolute atomic E-state index is 14.6. The molecule has 8 amide bonds. The van der Waals surface area contributed by atoms with Crippen molar-refractivity contribution in [1.82, 2.24) is 36.4 Å². The fourth-order valence-electron chi connectivity index (χ4n) is 10.3. The van der Waals surface area contributed by atoms with Crippen molar-refractivity contribution in [2.45, 2.75) is 118 Å². The van der Waals surface area contributed by atoms with Gasteiger partial charge in [0.1, 0.15) is 55.1 Å². The molecule has 3 fully saturated rings. The number of primary amides is 1. The minimum atomic E-state index is -5.58. The minimum Gasteiger partial charge on any atom is -0.716 e. The van der Waals surface area contributed by atoms with E-state index < -0.39 is 205 Å². The maximum Gasteiger partial charge on any atom is 1.00 e. The number of hydrogen-bond acceptors (Lipinski definition) is 21. The topological polar surface area (TPSA) is 467 Å². The van der Waals surface area contributed by atoms with Gasteiger partial charge in [0.15, 0.2) is 11.5 Å². The largest absolute Gasteiger partial charge is 1.00 e. The van der Waals surface area contributed by atoms with Gasteiger partial charge in [-0.1, -0.05) is 61.5 Å². The molecule has 29 nitrogen and oxygen atoms in total. The van der Waals surface area contributed by atoms with Gasteiger partial charge in [-0.15, -0.1) is 0 Å². The first-order valence-electron chi connectivity index (χ1n) is 25.1. The summed E-state index contributed by atoms with van der Waals surface area (Å²) in [5, 5.41) is 101. The fraction of sp³-hybridized carbons (Fsp3) is 0.480. The molecule has 3 aromatic rings. The first-order valence-corrected chi connectivity index (χ1v) is 26.4. The zero-order chi connectivity index (χ0) is 58.7. The van der Waals surface area contributed by atoms with E-state index >= 15 is 0 Å². The Morgan fingerprint density at radius 3 is 1.99 bits per heavy atom. The molecule has 0 spiro atoms. The van der Waals surface area contributed by atoms with Gasteiger partial charge >= 0.3 is 35.7 Å². The molecule has 0 bridgehead atoms. The average Bonchev–Trinajstić information content (AvgIpc) is 4.05. The first kappa shape index (κ1) is 63.6. The third-order valence-electron chi connectivity index (χ3n) is 14.3. The van der Waals surface area contributed by atoms with Crippen LogP contribution in [0.25, 0.3) is 11.1 Å². The van der Waals surface area contributed by atoms with Crippen molar-refractivity contribution in [2.75, 3.05) is 26.2 Å². The Labute approximate surface area is 484 Å². The summed E-state index contributed by atoms with van der Waals surface area (Å²) in [6.07, 6.45) is -17.9. The van der Waals surface area contributed by atoms with E-state index in [1.165, 1.54) is 6.92 Å². The summed E-state index contributed by atoms with van der Waals surface area (Å²) in [4.78, 5) is 114. The molecule has 31 heteroatoms. The zero-order valence-electron chi connectivity index (χ0n) is 43.7. The number of phenols is 1. The second-order valence-corrected chi connectivity index (χ2v) is 21.0. The Morgan fingerprint density at radius 2 is 1.38 bits per heavy atom. The SMILES string of the molecule is C[C@H](O)C1NC(=O)[C@@H](NC(=O)OCC2c3ccccc3-c3ccccc32)C[C@@H](O)CNC(=O)C2[C@@H](O)[C@@H](C)CN2C(=O)C([C@H](O)CC(N)=O)NC(=O)C([C@H](O)[C@@H](O)c2ccc(O)c(OS(=O)(=O)[O-])c2)NC(=O)C2C[C@@H](O)CN2C1=O.[Na+]. The number of benzene rings is 3. The number of phenolic OH excluding ortho intramolecular Hbond substituents is 1. The van der Waals surface area contributed by atoms with Crippen molar-refractivity contribution in [3.05, 3.63) is 83.4 Å². The van der Waals surface area contributed by atoms with Gasteiger partial charge < -0.3 is 96.4 Å². The molecule has 3 aromatic carbocycles. The molecule has 14 atom stereocenters. The number of ether oxygens (including phenoxy) is 1. The Bertz CT molecular complexity index is 2950. The van der Waals surface area contributed by atoms with E-state index in [0.717, 1.165) is 35.2 Å². The number of nitrogens with zero attached hydrogens (tertiary/aromatic N) is 2. The number of aliphatic hydroxyl groups is 7. The molecule has 4 aliphatic rings. The van der Waals surface area contributed by atoms with Crippen molar-refractivity contribution in [2.24, 2.45) is 11.7 Å². The molecule has 434 valence electrons. The van der Waals surface area contributed by atoms with Gasteiger partial charge in [0.25, 0.3) is 10.4 Å². The summed E-state index contributed by atoms with van der Waals surface area (Å²) in [7, 11) is -5.58. The number of β-amino-alcohol motifs (C(OH)–C–C–N with tert-alkyl or cyclic N) is 1. The van der Waals surface area contributed by atoms with Gasteiger partial charge in [0.05, 0.1) is 36.9 Å². The molecule has 0 aromatic heterocycles. The summed E-state index contributed by atoms with van der Waals surface area (Å²) in [6, 6.07) is 4.35. The number of hydrogen-bond donors (Lipinski definition) is 14. The molecule has 0 saturated carbocycles. The normalized spacial score (nSPS) is 27.4. The molecular formula is C50H61N8NaO21S. The van der Waals surface area contributed by atoms with Crippen LogP contribution in [0.1, 0.15) is 61.8 Å². The number of nitrogens with two attached hydrogens (primary N) is 1. The Hall–Kier alpha value is -6.55. The van der Waals surface area contributed by atoms with E-state index in [-0.39, 0.29) is 36.2 Å². The standard InChI is InChI=1S/C50H62N8O21S.Na/c1-21-18-58-40(41(21)65)47(71)52-17-24(60)14-31(53-50(74)78-20-30-28-9-5-3-7-26(28)27-8-4-6-10-29(27)30)44(68)54-37(22(2)59)48(72)57-19-25(61)15-32(57)45(69)56-39(46(70)55-38(49(58)73)34(63)16-36(51)64)43(67)42(66)23-11-12-33(62)35(13-23)79-80(75,76)77;/h3-13,21-22,24-25,30-32,34,37-43,59-63,65-67H,14-20H2,1-2H3,(H2,51,64)(H,52,71)(H,53,74)(H,54,68)(H,55,70)(H,56,69)(H,75,76,77);/q;+1/p-1/t21-,22-,24+,25+,31-,32?,34+,37?,38?,39?,40?,41-,42-,43-;/m0./s1. The third-order valence-corrected chi connectivity index (χ3v) is 14.7. The molecular weight excluding hydrogens is 1100 g/mol. The zero-order valence-corrected chi connectivity index (χ0v) is 46.5. The van der Waals surface area contributed by atoms with Crippen LogP contribution in [0.5, 0.6) is 11.5 Å². The number of nitrogens with one attached hydrogen (secondary N) is 5.